The maximum atomic E-state index is 12.2. The Bertz CT molecular complexity index is 332. The van der Waals surface area contributed by atoms with E-state index in [4.69, 9.17) is 15.6 Å². The van der Waals surface area contributed by atoms with Gasteiger partial charge in [-0.3, -0.25) is 9.59 Å². The number of nitrogens with zero attached hydrogens (tertiary/aromatic N) is 2. The lowest BCUT2D eigenvalue weighted by Crippen LogP contribution is -2.51. The zero-order valence-electron chi connectivity index (χ0n) is 11.5. The minimum absolute atomic E-state index is 0.129. The molecule has 19 heavy (non-hydrogen) atoms. The molecule has 0 unspecified atom stereocenters. The first-order valence-corrected chi connectivity index (χ1v) is 5.84. The molecule has 0 aliphatic rings. The van der Waals surface area contributed by atoms with Crippen LogP contribution in [0, 0.1) is 0 Å². The van der Waals surface area contributed by atoms with Crippen LogP contribution in [0.5, 0.6) is 0 Å². The molecule has 8 nitrogen and oxygen atoms in total. The van der Waals surface area contributed by atoms with Crippen LogP contribution in [0.15, 0.2) is 0 Å². The number of rotatable bonds is 8. The van der Waals surface area contributed by atoms with Crippen LogP contribution in [-0.2, 0) is 14.3 Å². The Kier molecular flexibility index (Phi) is 7.50. The molecule has 3 N–H and O–H groups in total. The predicted octanol–water partition coefficient (Wildman–Crippen LogP) is -0.665. The molecule has 0 aromatic rings. The fourth-order valence-electron chi connectivity index (χ4n) is 1.43. The smallest absolute Gasteiger partial charge is 0.323 e. The number of nitrogens with two attached hydrogens (primary N) is 1. The first-order valence-electron chi connectivity index (χ1n) is 5.84. The summed E-state index contributed by atoms with van der Waals surface area (Å²) in [6.45, 7) is 3.07. The molecule has 0 aliphatic carbocycles. The van der Waals surface area contributed by atoms with Gasteiger partial charge in [0.25, 0.3) is 0 Å². The third-order valence-corrected chi connectivity index (χ3v) is 2.36. The van der Waals surface area contributed by atoms with E-state index in [0.29, 0.717) is 0 Å². The van der Waals surface area contributed by atoms with Gasteiger partial charge in [-0.25, -0.2) is 4.79 Å². The van der Waals surface area contributed by atoms with Crippen molar-refractivity contribution in [1.29, 1.82) is 0 Å². The molecule has 0 aliphatic heterocycles. The molecule has 110 valence electrons. The van der Waals surface area contributed by atoms with Gasteiger partial charge >= 0.3 is 12.0 Å². The Labute approximate surface area is 112 Å². The van der Waals surface area contributed by atoms with Crippen molar-refractivity contribution in [2.45, 2.75) is 19.9 Å². The Morgan fingerprint density at radius 3 is 2.21 bits per heavy atom. The fraction of sp³-hybridized carbons (Fsp3) is 0.727. The van der Waals surface area contributed by atoms with Crippen molar-refractivity contribution in [2.75, 3.05) is 33.4 Å². The summed E-state index contributed by atoms with van der Waals surface area (Å²) in [4.78, 5) is 36.2. The van der Waals surface area contributed by atoms with E-state index >= 15 is 0 Å². The molecule has 0 saturated heterocycles. The molecule has 0 rings (SSSR count). The summed E-state index contributed by atoms with van der Waals surface area (Å²) < 4.78 is 4.83. The maximum absolute atomic E-state index is 12.2. The van der Waals surface area contributed by atoms with Gasteiger partial charge in [-0.05, 0) is 13.8 Å². The molecule has 0 aromatic heterocycles. The standard InChI is InChI=1S/C11H21N3O5/c1-8(2)14(6-9(12)15)11(18)13(4-5-19-3)7-10(16)17/h8H,4-7H2,1-3H3,(H2,12,15)(H,16,17). The summed E-state index contributed by atoms with van der Waals surface area (Å²) in [5.74, 6) is -1.78. The number of carbonyl (C=O) groups excluding carboxylic acids is 2. The van der Waals surface area contributed by atoms with Gasteiger partial charge < -0.3 is 25.4 Å². The lowest BCUT2D eigenvalue weighted by Gasteiger charge is -2.31. The average Bonchev–Trinajstić information content (AvgIpc) is 2.29. The number of hydrogen-bond donors (Lipinski definition) is 2. The quantitative estimate of drug-likeness (QED) is 0.610. The van der Waals surface area contributed by atoms with Crippen molar-refractivity contribution >= 4 is 17.9 Å². The van der Waals surface area contributed by atoms with Crippen LogP contribution in [0.25, 0.3) is 0 Å². The lowest BCUT2D eigenvalue weighted by atomic mass is 10.3. The summed E-state index contributed by atoms with van der Waals surface area (Å²) in [7, 11) is 1.45. The van der Waals surface area contributed by atoms with E-state index in [-0.39, 0.29) is 25.7 Å². The largest absolute Gasteiger partial charge is 0.480 e. The summed E-state index contributed by atoms with van der Waals surface area (Å²) in [6.07, 6.45) is 0. The summed E-state index contributed by atoms with van der Waals surface area (Å²) in [6, 6.07) is -0.813. The fourth-order valence-corrected chi connectivity index (χ4v) is 1.43. The van der Waals surface area contributed by atoms with E-state index in [2.05, 4.69) is 0 Å². The zero-order chi connectivity index (χ0) is 15.0. The van der Waals surface area contributed by atoms with Gasteiger partial charge in [0.1, 0.15) is 13.1 Å². The van der Waals surface area contributed by atoms with Crippen LogP contribution < -0.4 is 5.73 Å². The van der Waals surface area contributed by atoms with E-state index in [0.717, 1.165) is 4.90 Å². The van der Waals surface area contributed by atoms with Crippen LogP contribution in [-0.4, -0.2) is 72.2 Å². The third kappa shape index (κ3) is 6.61. The van der Waals surface area contributed by atoms with Crippen molar-refractivity contribution < 1.29 is 24.2 Å². The number of urea groups is 1. The van der Waals surface area contributed by atoms with Crippen LogP contribution in [0.1, 0.15) is 13.8 Å². The highest BCUT2D eigenvalue weighted by Gasteiger charge is 2.25. The maximum Gasteiger partial charge on any atom is 0.323 e. The predicted molar refractivity (Wildman–Crippen MR) is 67.5 cm³/mol. The number of amides is 3. The summed E-state index contributed by atoms with van der Waals surface area (Å²) in [5.41, 5.74) is 5.08. The molecular formula is C11H21N3O5. The first-order chi connectivity index (χ1) is 8.79. The normalized spacial score (nSPS) is 10.3. The molecule has 0 radical (unpaired) electrons. The molecule has 0 spiro atoms. The van der Waals surface area contributed by atoms with Gasteiger partial charge in [-0.15, -0.1) is 0 Å². The molecule has 0 bridgehead atoms. The van der Waals surface area contributed by atoms with Gasteiger partial charge in [0.15, 0.2) is 0 Å². The van der Waals surface area contributed by atoms with Crippen LogP contribution in [0.3, 0.4) is 0 Å². The number of aliphatic carboxylic acids is 1. The minimum Gasteiger partial charge on any atom is -0.480 e. The van der Waals surface area contributed by atoms with Crippen molar-refractivity contribution in [3.63, 3.8) is 0 Å². The SMILES string of the molecule is COCCN(CC(=O)O)C(=O)N(CC(N)=O)C(C)C. The monoisotopic (exact) mass is 275 g/mol. The van der Waals surface area contributed by atoms with E-state index in [1.54, 1.807) is 13.8 Å². The topological polar surface area (TPSA) is 113 Å². The summed E-state index contributed by atoms with van der Waals surface area (Å²) in [5, 5.41) is 8.79. The summed E-state index contributed by atoms with van der Waals surface area (Å²) >= 11 is 0. The zero-order valence-corrected chi connectivity index (χ0v) is 11.5. The second-order valence-corrected chi connectivity index (χ2v) is 4.28. The second kappa shape index (κ2) is 8.30. The number of carbonyl (C=O) groups is 3. The molecule has 0 saturated carbocycles. The average molecular weight is 275 g/mol. The van der Waals surface area contributed by atoms with E-state index < -0.39 is 24.5 Å². The number of carboxylic acid groups (broad SMARTS) is 1. The van der Waals surface area contributed by atoms with Gasteiger partial charge in [-0.2, -0.15) is 0 Å². The Hall–Kier alpha value is -1.83. The molecule has 0 aromatic carbocycles. The minimum atomic E-state index is -1.13. The molecule has 8 heteroatoms. The van der Waals surface area contributed by atoms with Gasteiger partial charge in [-0.1, -0.05) is 0 Å². The number of ether oxygens (including phenoxy) is 1. The van der Waals surface area contributed by atoms with E-state index in [1.807, 2.05) is 0 Å². The number of primary amides is 1. The third-order valence-electron chi connectivity index (χ3n) is 2.36. The molecular weight excluding hydrogens is 254 g/mol. The Morgan fingerprint density at radius 1 is 1.26 bits per heavy atom. The Morgan fingerprint density at radius 2 is 1.84 bits per heavy atom. The lowest BCUT2D eigenvalue weighted by molar-refractivity contribution is -0.137. The van der Waals surface area contributed by atoms with E-state index in [9.17, 15) is 14.4 Å². The van der Waals surface area contributed by atoms with Crippen molar-refractivity contribution in [3.05, 3.63) is 0 Å². The van der Waals surface area contributed by atoms with Gasteiger partial charge in [0, 0.05) is 19.7 Å². The van der Waals surface area contributed by atoms with Crippen LogP contribution >= 0.6 is 0 Å². The first kappa shape index (κ1) is 17.2. The number of carboxylic acids is 1. The highest BCUT2D eigenvalue weighted by molar-refractivity contribution is 5.85. The molecule has 3 amide bonds. The van der Waals surface area contributed by atoms with Crippen LogP contribution in [0.4, 0.5) is 4.79 Å². The highest BCUT2D eigenvalue weighted by Crippen LogP contribution is 2.04. The highest BCUT2D eigenvalue weighted by atomic mass is 16.5. The van der Waals surface area contributed by atoms with Gasteiger partial charge in [0.2, 0.25) is 5.91 Å². The Balaban J connectivity index is 4.88. The van der Waals surface area contributed by atoms with Crippen molar-refractivity contribution in [2.24, 2.45) is 5.73 Å². The number of methoxy groups -OCH3 is 1. The van der Waals surface area contributed by atoms with E-state index in [1.165, 1.54) is 12.0 Å². The van der Waals surface area contributed by atoms with Crippen LogP contribution in [0.2, 0.25) is 0 Å². The van der Waals surface area contributed by atoms with Gasteiger partial charge in [0.05, 0.1) is 6.61 Å². The second-order valence-electron chi connectivity index (χ2n) is 4.28. The molecule has 0 fully saturated rings. The van der Waals surface area contributed by atoms with Crippen molar-refractivity contribution in [3.8, 4) is 0 Å². The molecule has 0 heterocycles. The number of hydrogen-bond acceptors (Lipinski definition) is 4. The molecule has 0 atom stereocenters. The van der Waals surface area contributed by atoms with Crippen molar-refractivity contribution in [1.82, 2.24) is 9.80 Å².